The topological polar surface area (TPSA) is 94.9 Å². The third-order valence-electron chi connectivity index (χ3n) is 3.01. The number of fused-ring (bicyclic) bond motifs is 1. The van der Waals surface area contributed by atoms with Crippen LogP contribution in [0, 0.1) is 0 Å². The van der Waals surface area contributed by atoms with Crippen molar-refractivity contribution in [3.63, 3.8) is 0 Å². The molecule has 0 saturated carbocycles. The number of benzene rings is 1. The van der Waals surface area contributed by atoms with Crippen molar-refractivity contribution in [2.24, 2.45) is 0 Å². The predicted molar refractivity (Wildman–Crippen MR) is 87.9 cm³/mol. The molecule has 2 aromatic heterocycles. The van der Waals surface area contributed by atoms with Crippen LogP contribution in [0.3, 0.4) is 0 Å². The molecule has 0 aliphatic heterocycles. The number of nitrogens with two attached hydrogens (primary N) is 2. The van der Waals surface area contributed by atoms with E-state index in [1.54, 1.807) is 12.1 Å². The van der Waals surface area contributed by atoms with Gasteiger partial charge in [0.05, 0.1) is 11.1 Å². The molecule has 106 valence electrons. The zero-order valence-electron chi connectivity index (χ0n) is 11.2. The van der Waals surface area contributed by atoms with E-state index in [4.69, 9.17) is 11.5 Å². The molecule has 7 heteroatoms. The van der Waals surface area contributed by atoms with Crippen molar-refractivity contribution in [1.29, 1.82) is 0 Å². The van der Waals surface area contributed by atoms with Crippen molar-refractivity contribution in [2.75, 3.05) is 17.7 Å². The Morgan fingerprint density at radius 2 is 1.90 bits per heavy atom. The first-order chi connectivity index (χ1) is 10.1. The van der Waals surface area contributed by atoms with Crippen molar-refractivity contribution in [3.8, 4) is 0 Å². The SMILES string of the molecule is CSc1nc(N)nc2sc(C(=O)c3ccccc3)c(N)c12. The van der Waals surface area contributed by atoms with Gasteiger partial charge in [0.2, 0.25) is 11.7 Å². The van der Waals surface area contributed by atoms with E-state index in [9.17, 15) is 4.79 Å². The number of ketones is 1. The molecule has 0 saturated heterocycles. The summed E-state index contributed by atoms with van der Waals surface area (Å²) in [6, 6.07) is 9.04. The number of carbonyl (C=O) groups is 1. The van der Waals surface area contributed by atoms with Crippen molar-refractivity contribution in [1.82, 2.24) is 9.97 Å². The van der Waals surface area contributed by atoms with Crippen molar-refractivity contribution < 1.29 is 4.79 Å². The minimum absolute atomic E-state index is 0.110. The second kappa shape index (κ2) is 5.34. The van der Waals surface area contributed by atoms with Gasteiger partial charge in [-0.2, -0.15) is 0 Å². The van der Waals surface area contributed by atoms with Gasteiger partial charge in [0.15, 0.2) is 0 Å². The van der Waals surface area contributed by atoms with E-state index in [2.05, 4.69) is 9.97 Å². The van der Waals surface area contributed by atoms with Gasteiger partial charge in [-0.05, 0) is 6.26 Å². The van der Waals surface area contributed by atoms with Crippen molar-refractivity contribution in [2.45, 2.75) is 5.03 Å². The molecule has 5 nitrogen and oxygen atoms in total. The summed E-state index contributed by atoms with van der Waals surface area (Å²) >= 11 is 2.68. The van der Waals surface area contributed by atoms with Crippen LogP contribution >= 0.6 is 23.1 Å². The molecule has 0 spiro atoms. The Kier molecular flexibility index (Phi) is 3.52. The van der Waals surface area contributed by atoms with Crippen LogP contribution in [0.1, 0.15) is 15.2 Å². The predicted octanol–water partition coefficient (Wildman–Crippen LogP) is 2.81. The molecule has 0 aliphatic rings. The first kappa shape index (κ1) is 13.8. The van der Waals surface area contributed by atoms with E-state index in [-0.39, 0.29) is 11.7 Å². The van der Waals surface area contributed by atoms with Crippen LogP contribution < -0.4 is 11.5 Å². The standard InChI is InChI=1S/C14H12N4OS2/c1-20-12-8-9(15)11(21-13(8)18-14(16)17-12)10(19)7-5-3-2-4-6-7/h2-6H,15H2,1H3,(H2,16,17,18). The van der Waals surface area contributed by atoms with Gasteiger partial charge in [-0.15, -0.1) is 23.1 Å². The second-order valence-corrected chi connectivity index (χ2v) is 6.11. The zero-order chi connectivity index (χ0) is 15.0. The summed E-state index contributed by atoms with van der Waals surface area (Å²) in [7, 11) is 0. The molecule has 3 rings (SSSR count). The molecule has 0 atom stereocenters. The normalized spacial score (nSPS) is 10.9. The Morgan fingerprint density at radius 3 is 2.57 bits per heavy atom. The number of nitrogen functional groups attached to an aromatic ring is 2. The number of rotatable bonds is 3. The molecule has 1 aromatic carbocycles. The lowest BCUT2D eigenvalue weighted by Crippen LogP contribution is -2.02. The molecule has 4 N–H and O–H groups in total. The van der Waals surface area contributed by atoms with Gasteiger partial charge in [0, 0.05) is 5.56 Å². The van der Waals surface area contributed by atoms with Gasteiger partial charge < -0.3 is 11.5 Å². The van der Waals surface area contributed by atoms with E-state index < -0.39 is 0 Å². The summed E-state index contributed by atoms with van der Waals surface area (Å²) in [6.45, 7) is 0. The highest BCUT2D eigenvalue weighted by Gasteiger charge is 2.21. The maximum Gasteiger partial charge on any atom is 0.222 e. The second-order valence-electron chi connectivity index (χ2n) is 4.31. The van der Waals surface area contributed by atoms with Gasteiger partial charge in [0.25, 0.3) is 0 Å². The van der Waals surface area contributed by atoms with Gasteiger partial charge in [-0.25, -0.2) is 9.97 Å². The molecule has 0 unspecified atom stereocenters. The summed E-state index contributed by atoms with van der Waals surface area (Å²) in [5, 5.41) is 1.40. The van der Waals surface area contributed by atoms with Gasteiger partial charge in [-0.1, -0.05) is 30.3 Å². The van der Waals surface area contributed by atoms with E-state index in [0.29, 0.717) is 31.4 Å². The number of hydrogen-bond acceptors (Lipinski definition) is 7. The number of carbonyl (C=O) groups excluding carboxylic acids is 1. The number of thiophene rings is 1. The monoisotopic (exact) mass is 316 g/mol. The molecular formula is C14H12N4OS2. The summed E-state index contributed by atoms with van der Waals surface area (Å²) in [5.74, 6) is 0.0773. The highest BCUT2D eigenvalue weighted by molar-refractivity contribution is 7.98. The van der Waals surface area contributed by atoms with Crippen LogP contribution in [0.25, 0.3) is 10.2 Å². The van der Waals surface area contributed by atoms with Crippen LogP contribution in [-0.2, 0) is 0 Å². The Bertz CT molecular complexity index is 830. The van der Waals surface area contributed by atoms with Gasteiger partial charge in [0.1, 0.15) is 14.7 Å². The largest absolute Gasteiger partial charge is 0.397 e. The molecule has 0 amide bonds. The lowest BCUT2D eigenvalue weighted by Gasteiger charge is -2.01. The molecule has 2 heterocycles. The molecule has 0 aliphatic carbocycles. The van der Waals surface area contributed by atoms with E-state index in [0.717, 1.165) is 0 Å². The smallest absolute Gasteiger partial charge is 0.222 e. The van der Waals surface area contributed by atoms with Gasteiger partial charge >= 0.3 is 0 Å². The van der Waals surface area contributed by atoms with Crippen LogP contribution in [0.2, 0.25) is 0 Å². The van der Waals surface area contributed by atoms with Crippen molar-refractivity contribution >= 4 is 50.7 Å². The lowest BCUT2D eigenvalue weighted by atomic mass is 10.1. The maximum absolute atomic E-state index is 12.6. The highest BCUT2D eigenvalue weighted by atomic mass is 32.2. The minimum Gasteiger partial charge on any atom is -0.397 e. The number of thioether (sulfide) groups is 1. The van der Waals surface area contributed by atoms with E-state index in [1.165, 1.54) is 23.1 Å². The first-order valence-electron chi connectivity index (χ1n) is 6.11. The first-order valence-corrected chi connectivity index (χ1v) is 8.15. The third-order valence-corrected chi connectivity index (χ3v) is 4.79. The number of nitrogens with zero attached hydrogens (tertiary/aromatic N) is 2. The fourth-order valence-electron chi connectivity index (χ4n) is 2.04. The van der Waals surface area contributed by atoms with Crippen LogP contribution in [0.15, 0.2) is 35.4 Å². The van der Waals surface area contributed by atoms with E-state index >= 15 is 0 Å². The fourth-order valence-corrected chi connectivity index (χ4v) is 3.77. The highest BCUT2D eigenvalue weighted by Crippen LogP contribution is 2.38. The molecule has 3 aromatic rings. The zero-order valence-corrected chi connectivity index (χ0v) is 12.8. The number of hydrogen-bond donors (Lipinski definition) is 2. The third kappa shape index (κ3) is 2.34. The summed E-state index contributed by atoms with van der Waals surface area (Å²) in [5.41, 5.74) is 12.9. The van der Waals surface area contributed by atoms with Gasteiger partial charge in [-0.3, -0.25) is 4.79 Å². The molecule has 0 fully saturated rings. The molecule has 0 bridgehead atoms. The summed E-state index contributed by atoms with van der Waals surface area (Å²) < 4.78 is 0. The Hall–Kier alpha value is -2.12. The number of anilines is 2. The fraction of sp³-hybridized carbons (Fsp3) is 0.0714. The molecular weight excluding hydrogens is 304 g/mol. The minimum atomic E-state index is -0.110. The van der Waals surface area contributed by atoms with Crippen LogP contribution in [0.5, 0.6) is 0 Å². The Labute approximate surface area is 129 Å². The summed E-state index contributed by atoms with van der Waals surface area (Å²) in [6.07, 6.45) is 1.89. The maximum atomic E-state index is 12.6. The molecule has 21 heavy (non-hydrogen) atoms. The van der Waals surface area contributed by atoms with Crippen LogP contribution in [-0.4, -0.2) is 22.0 Å². The lowest BCUT2D eigenvalue weighted by molar-refractivity contribution is 0.104. The number of aromatic nitrogens is 2. The average molecular weight is 316 g/mol. The van der Waals surface area contributed by atoms with Crippen LogP contribution in [0.4, 0.5) is 11.6 Å². The Balaban J connectivity index is 2.21. The molecule has 0 radical (unpaired) electrons. The van der Waals surface area contributed by atoms with Crippen molar-refractivity contribution in [3.05, 3.63) is 40.8 Å². The quantitative estimate of drug-likeness (QED) is 0.438. The summed E-state index contributed by atoms with van der Waals surface area (Å²) in [4.78, 5) is 22.0. The van der Waals surface area contributed by atoms with E-state index in [1.807, 2.05) is 24.5 Å². The average Bonchev–Trinajstić information content (AvgIpc) is 2.83. The Morgan fingerprint density at radius 1 is 1.19 bits per heavy atom.